The molecule has 9 heteroatoms. The van der Waals surface area contributed by atoms with Gasteiger partial charge >= 0.3 is 0 Å². The summed E-state index contributed by atoms with van der Waals surface area (Å²) in [7, 11) is 0. The van der Waals surface area contributed by atoms with Crippen LogP contribution in [0.25, 0.3) is 0 Å². The van der Waals surface area contributed by atoms with E-state index in [2.05, 4.69) is 11.4 Å². The molecule has 41 heavy (non-hydrogen) atoms. The van der Waals surface area contributed by atoms with Gasteiger partial charge in [0.05, 0.1) is 17.7 Å². The van der Waals surface area contributed by atoms with Crippen LogP contribution in [0.5, 0.6) is 0 Å². The monoisotopic (exact) mass is 575 g/mol. The number of hydrogen-bond donors (Lipinski definition) is 5. The van der Waals surface area contributed by atoms with Crippen LogP contribution in [0.15, 0.2) is 11.6 Å². The van der Waals surface area contributed by atoms with Crippen LogP contribution in [0, 0.1) is 39.4 Å². The fourth-order valence-corrected chi connectivity index (χ4v) is 9.68. The van der Waals surface area contributed by atoms with Gasteiger partial charge < -0.3 is 25.7 Å². The van der Waals surface area contributed by atoms with Crippen LogP contribution < -0.4 is 5.32 Å². The van der Waals surface area contributed by atoms with Crippen molar-refractivity contribution in [1.82, 2.24) is 5.32 Å². The number of amides is 1. The fourth-order valence-electron chi connectivity index (χ4n) is 9.68. The molecule has 5 N–H and O–H groups in total. The van der Waals surface area contributed by atoms with Crippen LogP contribution in [0.4, 0.5) is 0 Å². The maximum absolute atomic E-state index is 14.4. The highest BCUT2D eigenvalue weighted by molar-refractivity contribution is 5.95. The van der Waals surface area contributed by atoms with Crippen molar-refractivity contribution in [2.45, 2.75) is 124 Å². The van der Waals surface area contributed by atoms with Gasteiger partial charge in [0.2, 0.25) is 5.91 Å². The van der Waals surface area contributed by atoms with Crippen LogP contribution in [-0.2, 0) is 19.2 Å². The maximum Gasteiger partial charge on any atom is 0.217 e. The molecule has 1 unspecified atom stereocenters. The van der Waals surface area contributed by atoms with Crippen molar-refractivity contribution in [2.24, 2.45) is 39.4 Å². The Morgan fingerprint density at radius 3 is 2.17 bits per heavy atom. The first-order valence-electron chi connectivity index (χ1n) is 14.9. The molecule has 0 aromatic rings. The number of aliphatic hydroxyl groups excluding tert-OH is 2. The zero-order valence-electron chi connectivity index (χ0n) is 26.0. The smallest absolute Gasteiger partial charge is 0.217 e. The highest BCUT2D eigenvalue weighted by Crippen LogP contribution is 2.74. The molecule has 0 aromatic heterocycles. The SMILES string of the molecule is CC(=O)NC(CC(=O)[C@](C)(O)[C@H]1[C@H](O)C[C@@]2(C)[C@@H]3CC=C4[C@@H](C[C@H](O)C(=O)C4(C)C)[C@]3(C)C(=O)C[C@]12C)C(C)(C)O. The average molecular weight is 576 g/mol. The van der Waals surface area contributed by atoms with Gasteiger partial charge in [-0.15, -0.1) is 0 Å². The number of fused-ring (bicyclic) bond motifs is 5. The molecular weight excluding hydrogens is 526 g/mol. The summed E-state index contributed by atoms with van der Waals surface area (Å²) in [5.41, 5.74) is -5.99. The molecule has 3 fully saturated rings. The average Bonchev–Trinajstić information content (AvgIpc) is 3.02. The van der Waals surface area contributed by atoms with Gasteiger partial charge in [0, 0.05) is 36.5 Å². The second kappa shape index (κ2) is 9.53. The molecule has 0 saturated heterocycles. The molecule has 0 spiro atoms. The lowest BCUT2D eigenvalue weighted by Crippen LogP contribution is -2.65. The van der Waals surface area contributed by atoms with Crippen molar-refractivity contribution in [3.8, 4) is 0 Å². The third-order valence-corrected chi connectivity index (χ3v) is 12.2. The molecule has 1 amide bonds. The van der Waals surface area contributed by atoms with E-state index in [1.165, 1.54) is 27.7 Å². The van der Waals surface area contributed by atoms with E-state index < -0.39 is 68.7 Å². The highest BCUT2D eigenvalue weighted by Gasteiger charge is 2.74. The number of carbonyl (C=O) groups is 4. The molecule has 0 aromatic carbocycles. The van der Waals surface area contributed by atoms with Crippen LogP contribution >= 0.6 is 0 Å². The minimum Gasteiger partial charge on any atom is -0.393 e. The zero-order chi connectivity index (χ0) is 31.3. The Bertz CT molecular complexity index is 1200. The van der Waals surface area contributed by atoms with Crippen molar-refractivity contribution in [2.75, 3.05) is 0 Å². The van der Waals surface area contributed by atoms with Crippen molar-refractivity contribution in [3.63, 3.8) is 0 Å². The van der Waals surface area contributed by atoms with Crippen LogP contribution in [0.2, 0.25) is 0 Å². The standard InChI is InChI=1S/C32H49NO8/c1-16(34)33-22(28(4,5)40)13-23(37)32(9,41)25-20(36)14-29(6)21-11-10-17-18(12-19(35)26(39)27(17,2)3)31(21,8)24(38)15-30(25,29)7/h10,18-22,25,35-36,40-41H,11-15H2,1-9H3,(H,33,34)/t18-,19+,20-,21+,22?,25+,29+,30-,31+,32+/m1/s1. The van der Waals surface area contributed by atoms with E-state index in [-0.39, 0.29) is 49.1 Å². The summed E-state index contributed by atoms with van der Waals surface area (Å²) in [6.07, 6.45) is 0.425. The fraction of sp³-hybridized carbons (Fsp3) is 0.812. The van der Waals surface area contributed by atoms with E-state index in [1.54, 1.807) is 13.8 Å². The number of carbonyl (C=O) groups excluding carboxylic acids is 4. The Labute approximate surface area is 243 Å². The Hall–Kier alpha value is -1.94. The topological polar surface area (TPSA) is 161 Å². The third-order valence-electron chi connectivity index (χ3n) is 12.2. The Morgan fingerprint density at radius 1 is 1.05 bits per heavy atom. The van der Waals surface area contributed by atoms with Gasteiger partial charge in [0.25, 0.3) is 0 Å². The summed E-state index contributed by atoms with van der Waals surface area (Å²) in [4.78, 5) is 52.8. The Balaban J connectivity index is 1.75. The normalized spacial score (nSPS) is 42.3. The van der Waals surface area contributed by atoms with Crippen molar-refractivity contribution >= 4 is 23.3 Å². The number of allylic oxidation sites excluding steroid dienone is 2. The summed E-state index contributed by atoms with van der Waals surface area (Å²) >= 11 is 0. The lowest BCUT2D eigenvalue weighted by molar-refractivity contribution is -0.185. The number of aliphatic hydroxyl groups is 4. The van der Waals surface area contributed by atoms with Crippen molar-refractivity contribution in [3.05, 3.63) is 11.6 Å². The molecule has 9 nitrogen and oxygen atoms in total. The summed E-state index contributed by atoms with van der Waals surface area (Å²) < 4.78 is 0. The molecule has 4 rings (SSSR count). The van der Waals surface area contributed by atoms with E-state index in [0.717, 1.165) is 5.57 Å². The summed E-state index contributed by atoms with van der Waals surface area (Å²) in [5, 5.41) is 47.4. The molecule has 4 aliphatic carbocycles. The van der Waals surface area contributed by atoms with E-state index in [1.807, 2.05) is 20.8 Å². The molecular formula is C32H49NO8. The molecule has 0 radical (unpaired) electrons. The van der Waals surface area contributed by atoms with Crippen LogP contribution in [0.3, 0.4) is 0 Å². The lowest BCUT2D eigenvalue weighted by Gasteiger charge is -2.64. The second-order valence-corrected chi connectivity index (χ2v) is 15.4. The second-order valence-electron chi connectivity index (χ2n) is 15.4. The molecule has 0 bridgehead atoms. The summed E-state index contributed by atoms with van der Waals surface area (Å²) in [6, 6.07) is -0.960. The first-order valence-corrected chi connectivity index (χ1v) is 14.9. The van der Waals surface area contributed by atoms with Crippen LogP contribution in [0.1, 0.15) is 94.4 Å². The van der Waals surface area contributed by atoms with E-state index in [0.29, 0.717) is 6.42 Å². The summed E-state index contributed by atoms with van der Waals surface area (Å²) in [6.45, 7) is 15.1. The van der Waals surface area contributed by atoms with Gasteiger partial charge in [-0.3, -0.25) is 19.2 Å². The molecule has 3 saturated carbocycles. The molecule has 10 atom stereocenters. The van der Waals surface area contributed by atoms with E-state index >= 15 is 0 Å². The van der Waals surface area contributed by atoms with Crippen LogP contribution in [-0.4, -0.2) is 73.1 Å². The van der Waals surface area contributed by atoms with Gasteiger partial charge in [-0.05, 0) is 76.5 Å². The minimum absolute atomic E-state index is 0.0243. The quantitative estimate of drug-likeness (QED) is 0.302. The van der Waals surface area contributed by atoms with Gasteiger partial charge in [0.15, 0.2) is 11.6 Å². The number of hydrogen-bond acceptors (Lipinski definition) is 8. The van der Waals surface area contributed by atoms with Gasteiger partial charge in [-0.1, -0.05) is 32.4 Å². The number of ketones is 3. The minimum atomic E-state index is -2.05. The predicted octanol–water partition coefficient (Wildman–Crippen LogP) is 2.27. The maximum atomic E-state index is 14.4. The number of nitrogens with one attached hydrogen (secondary N) is 1. The van der Waals surface area contributed by atoms with Gasteiger partial charge in [-0.2, -0.15) is 0 Å². The molecule has 4 aliphatic rings. The van der Waals surface area contributed by atoms with Crippen molar-refractivity contribution < 1.29 is 39.6 Å². The largest absolute Gasteiger partial charge is 0.393 e. The Morgan fingerprint density at radius 2 is 1.63 bits per heavy atom. The third kappa shape index (κ3) is 4.40. The van der Waals surface area contributed by atoms with E-state index in [9.17, 15) is 39.6 Å². The lowest BCUT2D eigenvalue weighted by atomic mass is 9.38. The highest BCUT2D eigenvalue weighted by atomic mass is 16.3. The first kappa shape index (κ1) is 32.0. The van der Waals surface area contributed by atoms with Gasteiger partial charge in [-0.25, -0.2) is 0 Å². The van der Waals surface area contributed by atoms with E-state index in [4.69, 9.17) is 0 Å². The first-order chi connectivity index (χ1) is 18.5. The number of rotatable bonds is 6. The van der Waals surface area contributed by atoms with Crippen molar-refractivity contribution in [1.29, 1.82) is 0 Å². The zero-order valence-corrected chi connectivity index (χ0v) is 26.0. The predicted molar refractivity (Wildman–Crippen MR) is 151 cm³/mol. The summed E-state index contributed by atoms with van der Waals surface area (Å²) in [5.74, 6) is -2.90. The molecule has 0 heterocycles. The number of Topliss-reactive ketones (excluding diaryl/α,β-unsaturated/α-hetero) is 3. The van der Waals surface area contributed by atoms with Gasteiger partial charge in [0.1, 0.15) is 17.5 Å². The Kier molecular flexibility index (Phi) is 7.43. The molecule has 230 valence electrons. The molecule has 0 aliphatic heterocycles.